The number of para-hydroxylation sites is 1. The Kier molecular flexibility index (Phi) is 5.35. The van der Waals surface area contributed by atoms with E-state index < -0.39 is 0 Å². The van der Waals surface area contributed by atoms with E-state index in [9.17, 15) is 0 Å². The Morgan fingerprint density at radius 3 is 2.04 bits per heavy atom. The van der Waals surface area contributed by atoms with Crippen LogP contribution in [0.4, 0.5) is 0 Å². The third-order valence-electron chi connectivity index (χ3n) is 9.03. The van der Waals surface area contributed by atoms with E-state index in [0.717, 1.165) is 21.8 Å². The summed E-state index contributed by atoms with van der Waals surface area (Å²) in [5.41, 5.74) is 8.31. The van der Waals surface area contributed by atoms with Gasteiger partial charge in [0.1, 0.15) is 5.01 Å². The van der Waals surface area contributed by atoms with E-state index in [1.807, 2.05) is 11.3 Å². The lowest BCUT2D eigenvalue weighted by Crippen LogP contribution is -1.95. The average Bonchev–Trinajstić information content (AvgIpc) is 3.80. The summed E-state index contributed by atoms with van der Waals surface area (Å²) < 4.78 is 6.36. The molecule has 0 saturated carbocycles. The first-order valence-corrected chi connectivity index (χ1v) is 16.8. The minimum absolute atomic E-state index is 1.06. The number of thiophene rings is 1. The highest BCUT2D eigenvalue weighted by atomic mass is 32.1. The second-order valence-electron chi connectivity index (χ2n) is 11.5. The third kappa shape index (κ3) is 3.70. The molecule has 0 fully saturated rings. The van der Waals surface area contributed by atoms with Gasteiger partial charge in [0.2, 0.25) is 0 Å². The van der Waals surface area contributed by atoms with Crippen LogP contribution in [0.5, 0.6) is 0 Å². The summed E-state index contributed by atoms with van der Waals surface area (Å²) in [6, 6.07) is 52.8. The summed E-state index contributed by atoms with van der Waals surface area (Å²) in [7, 11) is 0. The molecule has 0 saturated heterocycles. The Balaban J connectivity index is 1.17. The van der Waals surface area contributed by atoms with Crippen LogP contribution in [-0.2, 0) is 0 Å². The molecule has 0 aliphatic heterocycles. The molecule has 0 bridgehead atoms. The zero-order valence-electron chi connectivity index (χ0n) is 24.1. The second kappa shape index (κ2) is 9.60. The van der Waals surface area contributed by atoms with Gasteiger partial charge in [-0.3, -0.25) is 0 Å². The van der Waals surface area contributed by atoms with Crippen molar-refractivity contribution in [2.45, 2.75) is 0 Å². The van der Waals surface area contributed by atoms with Gasteiger partial charge in [0.25, 0.3) is 0 Å². The first kappa shape index (κ1) is 25.1. The lowest BCUT2D eigenvalue weighted by atomic mass is 9.95. The van der Waals surface area contributed by atoms with Gasteiger partial charge in [-0.1, -0.05) is 91.0 Å². The number of nitrogens with zero attached hydrogens (tertiary/aromatic N) is 2. The van der Waals surface area contributed by atoms with Crippen molar-refractivity contribution in [3.05, 3.63) is 146 Å². The number of benzene rings is 7. The lowest BCUT2D eigenvalue weighted by Gasteiger charge is -2.13. The van der Waals surface area contributed by atoms with Gasteiger partial charge < -0.3 is 4.57 Å². The Bertz CT molecular complexity index is 2750. The van der Waals surface area contributed by atoms with Crippen molar-refractivity contribution in [3.63, 3.8) is 0 Å². The van der Waals surface area contributed by atoms with Crippen LogP contribution in [0.3, 0.4) is 0 Å². The molecule has 0 atom stereocenters. The average molecular weight is 609 g/mol. The normalized spacial score (nSPS) is 12.0. The van der Waals surface area contributed by atoms with E-state index in [0.29, 0.717) is 0 Å². The van der Waals surface area contributed by atoms with Gasteiger partial charge in [0.05, 0.1) is 21.3 Å². The van der Waals surface area contributed by atoms with Gasteiger partial charge in [-0.15, -0.1) is 22.7 Å². The molecule has 0 amide bonds. The summed E-state index contributed by atoms with van der Waals surface area (Å²) in [5.74, 6) is 0. The van der Waals surface area contributed by atoms with E-state index >= 15 is 0 Å². The zero-order valence-corrected chi connectivity index (χ0v) is 25.7. The Morgan fingerprint density at radius 1 is 0.489 bits per heavy atom. The fraction of sp³-hybridized carbons (Fsp3) is 0. The van der Waals surface area contributed by atoms with Crippen LogP contribution in [0.15, 0.2) is 146 Å². The van der Waals surface area contributed by atoms with Crippen LogP contribution < -0.4 is 0 Å². The number of hydrogen-bond donors (Lipinski definition) is 0. The molecule has 10 rings (SSSR count). The first-order valence-electron chi connectivity index (χ1n) is 15.1. The predicted molar refractivity (Wildman–Crippen MR) is 195 cm³/mol. The number of rotatable bonds is 3. The summed E-state index contributed by atoms with van der Waals surface area (Å²) in [4.78, 5) is 5.11. The van der Waals surface area contributed by atoms with Crippen molar-refractivity contribution in [2.24, 2.45) is 0 Å². The SMILES string of the molecule is c1ccc(-c2cc3c4ccccc4n(-c4ccc(-c5nc6ccc7sc8ccccc8c7c6s5)cc4)c3c3ccccc23)cc1. The van der Waals surface area contributed by atoms with Crippen molar-refractivity contribution >= 4 is 85.6 Å². The van der Waals surface area contributed by atoms with Crippen molar-refractivity contribution in [1.29, 1.82) is 0 Å². The number of aromatic nitrogens is 2. The number of fused-ring (bicyclic) bond motifs is 10. The predicted octanol–water partition coefficient (Wildman–Crippen LogP) is 12.2. The fourth-order valence-electron chi connectivity index (χ4n) is 7.02. The zero-order chi connectivity index (χ0) is 29.5. The molecule has 10 aromatic rings. The van der Waals surface area contributed by atoms with Crippen molar-refractivity contribution in [1.82, 2.24) is 9.55 Å². The standard InChI is InChI=1S/C41H24N2S2/c1-2-10-25(11-3-1)32-24-33-29-13-6-8-16-35(29)43(39(33)30-14-5-4-12-28(30)32)27-20-18-26(19-21-27)41-42-34-22-23-37-38(40(34)45-41)31-15-7-9-17-36(31)44-37/h1-24H. The molecule has 0 N–H and O–H groups in total. The number of thiazole rings is 1. The third-order valence-corrected chi connectivity index (χ3v) is 11.3. The molecule has 0 spiro atoms. The fourth-order valence-corrected chi connectivity index (χ4v) is 9.33. The number of hydrogen-bond acceptors (Lipinski definition) is 3. The molecule has 2 nitrogen and oxygen atoms in total. The minimum Gasteiger partial charge on any atom is -0.309 e. The maximum absolute atomic E-state index is 5.11. The molecule has 3 heterocycles. The minimum atomic E-state index is 1.06. The van der Waals surface area contributed by atoms with Crippen LogP contribution in [0, 0.1) is 0 Å². The summed E-state index contributed by atoms with van der Waals surface area (Å²) in [6.45, 7) is 0. The van der Waals surface area contributed by atoms with E-state index in [1.165, 1.54) is 68.6 Å². The molecule has 0 radical (unpaired) electrons. The molecule has 4 heteroatoms. The van der Waals surface area contributed by atoms with Crippen molar-refractivity contribution in [2.75, 3.05) is 0 Å². The highest BCUT2D eigenvalue weighted by Crippen LogP contribution is 2.44. The van der Waals surface area contributed by atoms with Gasteiger partial charge in [-0.25, -0.2) is 4.98 Å². The summed E-state index contributed by atoms with van der Waals surface area (Å²) >= 11 is 3.66. The van der Waals surface area contributed by atoms with Gasteiger partial charge in [-0.05, 0) is 71.1 Å². The van der Waals surface area contributed by atoms with Gasteiger partial charge in [0.15, 0.2) is 0 Å². The van der Waals surface area contributed by atoms with Crippen LogP contribution >= 0.6 is 22.7 Å². The highest BCUT2D eigenvalue weighted by molar-refractivity contribution is 7.28. The van der Waals surface area contributed by atoms with Gasteiger partial charge >= 0.3 is 0 Å². The van der Waals surface area contributed by atoms with Crippen LogP contribution in [0.1, 0.15) is 0 Å². The molecule has 7 aromatic carbocycles. The van der Waals surface area contributed by atoms with Gasteiger partial charge in [0, 0.05) is 47.6 Å². The van der Waals surface area contributed by atoms with E-state index in [1.54, 1.807) is 11.3 Å². The van der Waals surface area contributed by atoms with Crippen LogP contribution in [-0.4, -0.2) is 9.55 Å². The molecular weight excluding hydrogens is 585 g/mol. The van der Waals surface area contributed by atoms with E-state index in [4.69, 9.17) is 4.98 Å². The molecule has 0 aliphatic rings. The molecule has 45 heavy (non-hydrogen) atoms. The smallest absolute Gasteiger partial charge is 0.124 e. The monoisotopic (exact) mass is 608 g/mol. The van der Waals surface area contributed by atoms with Crippen LogP contribution in [0.25, 0.3) is 90.4 Å². The Labute approximate surface area is 267 Å². The largest absolute Gasteiger partial charge is 0.309 e. The first-order chi connectivity index (χ1) is 22.3. The van der Waals surface area contributed by atoms with Crippen LogP contribution in [0.2, 0.25) is 0 Å². The molecular formula is C41H24N2S2. The van der Waals surface area contributed by atoms with Crippen molar-refractivity contribution < 1.29 is 0 Å². The van der Waals surface area contributed by atoms with Gasteiger partial charge in [-0.2, -0.15) is 0 Å². The Morgan fingerprint density at radius 2 is 1.20 bits per heavy atom. The molecule has 0 aliphatic carbocycles. The highest BCUT2D eigenvalue weighted by Gasteiger charge is 2.18. The molecule has 3 aromatic heterocycles. The summed E-state index contributed by atoms with van der Waals surface area (Å²) in [6.07, 6.45) is 0. The van der Waals surface area contributed by atoms with E-state index in [2.05, 4.69) is 150 Å². The maximum atomic E-state index is 5.11. The topological polar surface area (TPSA) is 17.8 Å². The lowest BCUT2D eigenvalue weighted by molar-refractivity contribution is 1.19. The quantitative estimate of drug-likeness (QED) is 0.195. The second-order valence-corrected chi connectivity index (χ2v) is 13.6. The van der Waals surface area contributed by atoms with Crippen molar-refractivity contribution in [3.8, 4) is 27.4 Å². The summed E-state index contributed by atoms with van der Waals surface area (Å²) in [5, 5.41) is 8.76. The molecule has 0 unspecified atom stereocenters. The van der Waals surface area contributed by atoms with E-state index in [-0.39, 0.29) is 0 Å². The maximum Gasteiger partial charge on any atom is 0.124 e. The Hall–Kier alpha value is -5.29. The molecule has 210 valence electrons.